The maximum atomic E-state index is 12.6. The van der Waals surface area contributed by atoms with Crippen molar-refractivity contribution in [1.82, 2.24) is 4.90 Å². The molecule has 1 atom stereocenters. The Labute approximate surface area is 124 Å². The molecule has 0 bridgehead atoms. The van der Waals surface area contributed by atoms with Gasteiger partial charge in [-0.15, -0.1) is 0 Å². The molecule has 21 heavy (non-hydrogen) atoms. The fourth-order valence-corrected chi connectivity index (χ4v) is 3.17. The van der Waals surface area contributed by atoms with Crippen molar-refractivity contribution in [2.45, 2.75) is 32.0 Å². The van der Waals surface area contributed by atoms with Crippen molar-refractivity contribution in [3.05, 3.63) is 71.3 Å². The summed E-state index contributed by atoms with van der Waals surface area (Å²) in [6.07, 6.45) is 0.398. The number of aliphatic hydroxyl groups is 1. The molecule has 2 aromatic carbocycles. The van der Waals surface area contributed by atoms with E-state index in [1.165, 1.54) is 0 Å². The lowest BCUT2D eigenvalue weighted by Gasteiger charge is -2.37. The van der Waals surface area contributed by atoms with E-state index in [9.17, 15) is 9.90 Å². The molecule has 0 spiro atoms. The average molecular weight is 281 g/mol. The van der Waals surface area contributed by atoms with Crippen LogP contribution in [0.25, 0.3) is 0 Å². The monoisotopic (exact) mass is 281 g/mol. The predicted octanol–water partition coefficient (Wildman–Crippen LogP) is 2.94. The molecule has 2 aromatic rings. The zero-order chi connectivity index (χ0) is 15.0. The van der Waals surface area contributed by atoms with Crippen molar-refractivity contribution < 1.29 is 9.90 Å². The van der Waals surface area contributed by atoms with Crippen molar-refractivity contribution >= 4 is 5.91 Å². The largest absolute Gasteiger partial charge is 0.366 e. The van der Waals surface area contributed by atoms with E-state index in [1.54, 1.807) is 11.0 Å². The van der Waals surface area contributed by atoms with E-state index in [1.807, 2.05) is 62.4 Å². The van der Waals surface area contributed by atoms with Crippen LogP contribution < -0.4 is 0 Å². The van der Waals surface area contributed by atoms with Gasteiger partial charge in [-0.05, 0) is 25.5 Å². The molecular formula is C18H19NO2. The second-order valence-electron chi connectivity index (χ2n) is 5.79. The van der Waals surface area contributed by atoms with Crippen LogP contribution in [0.1, 0.15) is 35.3 Å². The molecule has 0 fully saturated rings. The van der Waals surface area contributed by atoms with Gasteiger partial charge in [-0.2, -0.15) is 0 Å². The van der Waals surface area contributed by atoms with Crippen LogP contribution in [0.3, 0.4) is 0 Å². The van der Waals surface area contributed by atoms with Gasteiger partial charge in [0.05, 0.1) is 0 Å². The lowest BCUT2D eigenvalue weighted by Crippen LogP contribution is -2.49. The molecule has 0 saturated carbocycles. The fraction of sp³-hybridized carbons (Fsp3) is 0.278. The Bertz CT molecular complexity index is 666. The Balaban J connectivity index is 2.10. The van der Waals surface area contributed by atoms with Crippen LogP contribution in [-0.4, -0.2) is 22.0 Å². The lowest BCUT2D eigenvalue weighted by molar-refractivity contribution is -0.0964. The molecule has 0 aliphatic carbocycles. The Morgan fingerprint density at radius 1 is 1.05 bits per heavy atom. The van der Waals surface area contributed by atoms with Crippen molar-refractivity contribution in [2.24, 2.45) is 0 Å². The quantitative estimate of drug-likeness (QED) is 0.939. The molecule has 0 aromatic heterocycles. The summed E-state index contributed by atoms with van der Waals surface area (Å²) in [7, 11) is 0. The van der Waals surface area contributed by atoms with Gasteiger partial charge in [0.25, 0.3) is 5.91 Å². The topological polar surface area (TPSA) is 40.5 Å². The molecule has 1 unspecified atom stereocenters. The van der Waals surface area contributed by atoms with E-state index < -0.39 is 5.72 Å². The van der Waals surface area contributed by atoms with Crippen molar-refractivity contribution in [3.63, 3.8) is 0 Å². The number of nitrogens with zero attached hydrogens (tertiary/aromatic N) is 1. The normalized spacial score (nSPS) is 21.0. The van der Waals surface area contributed by atoms with Crippen LogP contribution in [0, 0.1) is 0 Å². The molecule has 1 amide bonds. The minimum atomic E-state index is -1.27. The first-order chi connectivity index (χ1) is 10.0. The van der Waals surface area contributed by atoms with Crippen molar-refractivity contribution in [2.75, 3.05) is 0 Å². The SMILES string of the molecule is CC(C)N1C(=O)c2ccccc2C1(O)Cc1ccccc1. The molecule has 108 valence electrons. The van der Waals surface area contributed by atoms with Crippen LogP contribution in [0.5, 0.6) is 0 Å². The highest BCUT2D eigenvalue weighted by atomic mass is 16.3. The van der Waals surface area contributed by atoms with Crippen LogP contribution in [0.4, 0.5) is 0 Å². The molecule has 0 radical (unpaired) electrons. The number of carbonyl (C=O) groups is 1. The van der Waals surface area contributed by atoms with Crippen LogP contribution in [0.15, 0.2) is 54.6 Å². The van der Waals surface area contributed by atoms with Gasteiger partial charge in [0.2, 0.25) is 0 Å². The van der Waals surface area contributed by atoms with Crippen LogP contribution in [0.2, 0.25) is 0 Å². The Kier molecular flexibility index (Phi) is 3.30. The standard InChI is InChI=1S/C18H19NO2/c1-13(2)19-17(20)15-10-6-7-11-16(15)18(19,21)12-14-8-4-3-5-9-14/h3-11,13,21H,12H2,1-2H3. The van der Waals surface area contributed by atoms with E-state index >= 15 is 0 Å². The average Bonchev–Trinajstić information content (AvgIpc) is 2.69. The third-order valence-corrected chi connectivity index (χ3v) is 4.02. The van der Waals surface area contributed by atoms with Gasteiger partial charge in [0.15, 0.2) is 5.72 Å². The maximum Gasteiger partial charge on any atom is 0.257 e. The number of fused-ring (bicyclic) bond motifs is 1. The van der Waals surface area contributed by atoms with E-state index in [0.717, 1.165) is 5.56 Å². The third-order valence-electron chi connectivity index (χ3n) is 4.02. The van der Waals surface area contributed by atoms with Gasteiger partial charge in [0.1, 0.15) is 0 Å². The van der Waals surface area contributed by atoms with Crippen molar-refractivity contribution in [1.29, 1.82) is 0 Å². The molecule has 0 saturated heterocycles. The lowest BCUT2D eigenvalue weighted by atomic mass is 9.94. The number of amides is 1. The van der Waals surface area contributed by atoms with Gasteiger partial charge in [-0.3, -0.25) is 4.79 Å². The minimum absolute atomic E-state index is 0.0707. The molecule has 1 aliphatic heterocycles. The molecule has 3 heteroatoms. The van der Waals surface area contributed by atoms with Crippen LogP contribution in [-0.2, 0) is 12.1 Å². The second kappa shape index (κ2) is 5.01. The molecule has 1 heterocycles. The third kappa shape index (κ3) is 2.14. The second-order valence-corrected chi connectivity index (χ2v) is 5.79. The van der Waals surface area contributed by atoms with Gasteiger partial charge in [-0.25, -0.2) is 0 Å². The van der Waals surface area contributed by atoms with E-state index in [-0.39, 0.29) is 11.9 Å². The summed E-state index contributed by atoms with van der Waals surface area (Å²) in [5.41, 5.74) is 1.04. The Morgan fingerprint density at radius 3 is 2.33 bits per heavy atom. The summed E-state index contributed by atoms with van der Waals surface area (Å²) >= 11 is 0. The zero-order valence-corrected chi connectivity index (χ0v) is 12.3. The maximum absolute atomic E-state index is 12.6. The van der Waals surface area contributed by atoms with Gasteiger partial charge in [0, 0.05) is 23.6 Å². The number of hydrogen-bond acceptors (Lipinski definition) is 2. The van der Waals surface area contributed by atoms with E-state index in [0.29, 0.717) is 17.5 Å². The van der Waals surface area contributed by atoms with E-state index in [2.05, 4.69) is 0 Å². The molecule has 3 rings (SSSR count). The Morgan fingerprint density at radius 2 is 1.67 bits per heavy atom. The summed E-state index contributed by atoms with van der Waals surface area (Å²) in [5, 5.41) is 11.3. The van der Waals surface area contributed by atoms with Crippen molar-refractivity contribution in [3.8, 4) is 0 Å². The first-order valence-electron chi connectivity index (χ1n) is 7.23. The number of rotatable bonds is 3. The summed E-state index contributed by atoms with van der Waals surface area (Å²) < 4.78 is 0. The van der Waals surface area contributed by atoms with Gasteiger partial charge >= 0.3 is 0 Å². The van der Waals surface area contributed by atoms with E-state index in [4.69, 9.17) is 0 Å². The van der Waals surface area contributed by atoms with Gasteiger partial charge in [-0.1, -0.05) is 48.5 Å². The van der Waals surface area contributed by atoms with Gasteiger partial charge < -0.3 is 10.0 Å². The highest BCUT2D eigenvalue weighted by molar-refractivity contribution is 5.99. The number of benzene rings is 2. The Hall–Kier alpha value is -2.13. The minimum Gasteiger partial charge on any atom is -0.366 e. The summed E-state index contributed by atoms with van der Waals surface area (Å²) in [4.78, 5) is 14.2. The number of hydrogen-bond donors (Lipinski definition) is 1. The molecular weight excluding hydrogens is 262 g/mol. The molecule has 1 N–H and O–H groups in total. The molecule has 3 nitrogen and oxygen atoms in total. The smallest absolute Gasteiger partial charge is 0.257 e. The highest BCUT2D eigenvalue weighted by Gasteiger charge is 2.49. The fourth-order valence-electron chi connectivity index (χ4n) is 3.17. The predicted molar refractivity (Wildman–Crippen MR) is 81.8 cm³/mol. The summed E-state index contributed by atoms with van der Waals surface area (Å²) in [6, 6.07) is 17.1. The summed E-state index contributed by atoms with van der Waals surface area (Å²) in [6.45, 7) is 3.86. The summed E-state index contributed by atoms with van der Waals surface area (Å²) in [5.74, 6) is -0.0981. The van der Waals surface area contributed by atoms with Crippen LogP contribution >= 0.6 is 0 Å². The number of carbonyl (C=O) groups excluding carboxylic acids is 1. The molecule has 1 aliphatic rings. The zero-order valence-electron chi connectivity index (χ0n) is 12.3. The first kappa shape index (κ1) is 13.8. The highest BCUT2D eigenvalue weighted by Crippen LogP contribution is 2.40. The first-order valence-corrected chi connectivity index (χ1v) is 7.23.